The second-order valence-electron chi connectivity index (χ2n) is 5.74. The van der Waals surface area contributed by atoms with E-state index in [9.17, 15) is 9.00 Å². The molecule has 0 saturated heterocycles. The summed E-state index contributed by atoms with van der Waals surface area (Å²) in [5, 5.41) is 3.32. The summed E-state index contributed by atoms with van der Waals surface area (Å²) in [5.41, 5.74) is 0.943. The molecule has 1 heterocycles. The third-order valence-corrected chi connectivity index (χ3v) is 5.39. The average molecular weight is 404 g/mol. The SMILES string of the molecule is COc1ccc(CNC(=O)c2ccc(C[S@](=O)c3cccc(Cl)c3)o2)cc1. The first-order valence-electron chi connectivity index (χ1n) is 8.19. The molecule has 7 heteroatoms. The van der Waals surface area contributed by atoms with Gasteiger partial charge in [0.15, 0.2) is 5.76 Å². The molecule has 5 nitrogen and oxygen atoms in total. The quantitative estimate of drug-likeness (QED) is 0.642. The minimum atomic E-state index is -1.30. The Bertz CT molecular complexity index is 953. The van der Waals surface area contributed by atoms with E-state index in [0.717, 1.165) is 11.3 Å². The van der Waals surface area contributed by atoms with Gasteiger partial charge in [0.2, 0.25) is 0 Å². The molecule has 0 spiro atoms. The summed E-state index contributed by atoms with van der Waals surface area (Å²) in [7, 11) is 0.299. The molecule has 2 aromatic carbocycles. The molecule has 0 radical (unpaired) electrons. The molecule has 1 aromatic heterocycles. The fraction of sp³-hybridized carbons (Fsp3) is 0.150. The Labute approximate surface area is 164 Å². The van der Waals surface area contributed by atoms with Crippen LogP contribution in [-0.4, -0.2) is 17.2 Å². The molecule has 1 atom stereocenters. The van der Waals surface area contributed by atoms with Crippen LogP contribution in [0.4, 0.5) is 0 Å². The Kier molecular flexibility index (Phi) is 6.32. The number of hydrogen-bond acceptors (Lipinski definition) is 4. The lowest BCUT2D eigenvalue weighted by molar-refractivity contribution is 0.0921. The Morgan fingerprint density at radius 3 is 2.63 bits per heavy atom. The zero-order chi connectivity index (χ0) is 19.2. The summed E-state index contributed by atoms with van der Waals surface area (Å²) in [6.45, 7) is 0.368. The van der Waals surface area contributed by atoms with Crippen LogP contribution in [0.1, 0.15) is 21.9 Å². The van der Waals surface area contributed by atoms with Crippen LogP contribution < -0.4 is 10.1 Å². The monoisotopic (exact) mass is 403 g/mol. The van der Waals surface area contributed by atoms with E-state index in [4.69, 9.17) is 20.8 Å². The smallest absolute Gasteiger partial charge is 0.287 e. The first-order chi connectivity index (χ1) is 13.0. The molecule has 0 fully saturated rings. The van der Waals surface area contributed by atoms with Crippen LogP contribution in [0, 0.1) is 0 Å². The molecule has 3 aromatic rings. The zero-order valence-corrected chi connectivity index (χ0v) is 16.2. The van der Waals surface area contributed by atoms with Crippen LogP contribution >= 0.6 is 11.6 Å². The minimum absolute atomic E-state index is 0.173. The van der Waals surface area contributed by atoms with Gasteiger partial charge >= 0.3 is 0 Å². The van der Waals surface area contributed by atoms with Crippen molar-refractivity contribution in [3.8, 4) is 5.75 Å². The third kappa shape index (κ3) is 5.21. The Morgan fingerprint density at radius 1 is 1.15 bits per heavy atom. The van der Waals surface area contributed by atoms with Gasteiger partial charge in [-0.25, -0.2) is 0 Å². The highest BCUT2D eigenvalue weighted by molar-refractivity contribution is 7.84. The number of hydrogen-bond donors (Lipinski definition) is 1. The van der Waals surface area contributed by atoms with Crippen LogP contribution in [0.25, 0.3) is 0 Å². The molecule has 0 bridgehead atoms. The van der Waals surface area contributed by atoms with Gasteiger partial charge in [0.05, 0.1) is 23.7 Å². The van der Waals surface area contributed by atoms with Crippen molar-refractivity contribution in [2.24, 2.45) is 0 Å². The molecule has 3 rings (SSSR count). The van der Waals surface area contributed by atoms with Gasteiger partial charge in [0, 0.05) is 16.5 Å². The van der Waals surface area contributed by atoms with Crippen molar-refractivity contribution in [3.63, 3.8) is 0 Å². The van der Waals surface area contributed by atoms with Gasteiger partial charge < -0.3 is 14.5 Å². The number of nitrogens with one attached hydrogen (secondary N) is 1. The maximum Gasteiger partial charge on any atom is 0.287 e. The lowest BCUT2D eigenvalue weighted by Crippen LogP contribution is -2.22. The summed E-state index contributed by atoms with van der Waals surface area (Å²) in [6, 6.07) is 17.5. The third-order valence-electron chi connectivity index (χ3n) is 3.83. The van der Waals surface area contributed by atoms with Gasteiger partial charge in [-0.05, 0) is 48.0 Å². The number of halogens is 1. The van der Waals surface area contributed by atoms with Crippen LogP contribution in [-0.2, 0) is 23.1 Å². The standard InChI is InChI=1S/C20H18ClNO4S/c1-25-16-7-5-14(6-8-16)12-22-20(23)19-10-9-17(26-19)13-27(24)18-4-2-3-15(21)11-18/h2-11H,12-13H2,1H3,(H,22,23)/t27-/m0/s1. The summed E-state index contributed by atoms with van der Waals surface area (Å²) < 4.78 is 23.0. The minimum Gasteiger partial charge on any atom is -0.497 e. The van der Waals surface area contributed by atoms with Crippen LogP contribution in [0.5, 0.6) is 5.75 Å². The van der Waals surface area contributed by atoms with Gasteiger partial charge in [-0.3, -0.25) is 9.00 Å². The van der Waals surface area contributed by atoms with E-state index < -0.39 is 10.8 Å². The van der Waals surface area contributed by atoms with Crippen LogP contribution in [0.2, 0.25) is 5.02 Å². The Hall–Kier alpha value is -2.57. The van der Waals surface area contributed by atoms with E-state index in [2.05, 4.69) is 5.32 Å². The summed E-state index contributed by atoms with van der Waals surface area (Å²) >= 11 is 5.92. The number of benzene rings is 2. The predicted octanol–water partition coefficient (Wildman–Crippen LogP) is 4.18. The van der Waals surface area contributed by atoms with Crippen molar-refractivity contribution in [3.05, 3.63) is 82.8 Å². The molecule has 0 aliphatic heterocycles. The molecule has 140 valence electrons. The normalized spacial score (nSPS) is 11.8. The number of furan rings is 1. The molecule has 1 amide bonds. The molecule has 0 unspecified atom stereocenters. The highest BCUT2D eigenvalue weighted by atomic mass is 35.5. The van der Waals surface area contributed by atoms with E-state index in [-0.39, 0.29) is 17.4 Å². The van der Waals surface area contributed by atoms with E-state index in [0.29, 0.717) is 22.2 Å². The van der Waals surface area contributed by atoms with Crippen molar-refractivity contribution in [2.45, 2.75) is 17.2 Å². The largest absolute Gasteiger partial charge is 0.497 e. The van der Waals surface area contributed by atoms with E-state index in [1.54, 1.807) is 43.5 Å². The van der Waals surface area contributed by atoms with E-state index >= 15 is 0 Å². The van der Waals surface area contributed by atoms with Crippen molar-refractivity contribution in [1.29, 1.82) is 0 Å². The zero-order valence-electron chi connectivity index (χ0n) is 14.6. The molecule has 27 heavy (non-hydrogen) atoms. The molecule has 0 aliphatic rings. The highest BCUT2D eigenvalue weighted by Gasteiger charge is 2.14. The lowest BCUT2D eigenvalue weighted by atomic mass is 10.2. The number of amides is 1. The number of carbonyl (C=O) groups is 1. The average Bonchev–Trinajstić information content (AvgIpc) is 3.15. The van der Waals surface area contributed by atoms with Crippen molar-refractivity contribution in [1.82, 2.24) is 5.32 Å². The predicted molar refractivity (Wildman–Crippen MR) is 104 cm³/mol. The first-order valence-corrected chi connectivity index (χ1v) is 9.88. The van der Waals surface area contributed by atoms with E-state index in [1.807, 2.05) is 24.3 Å². The molecule has 0 aliphatic carbocycles. The Morgan fingerprint density at radius 2 is 1.93 bits per heavy atom. The molecule has 0 saturated carbocycles. The van der Waals surface area contributed by atoms with Crippen LogP contribution in [0.15, 0.2) is 70.0 Å². The van der Waals surface area contributed by atoms with Crippen molar-refractivity contribution in [2.75, 3.05) is 7.11 Å². The number of methoxy groups -OCH3 is 1. The molecular weight excluding hydrogens is 386 g/mol. The second-order valence-corrected chi connectivity index (χ2v) is 7.63. The summed E-state index contributed by atoms with van der Waals surface area (Å²) in [6.07, 6.45) is 0. The summed E-state index contributed by atoms with van der Waals surface area (Å²) in [4.78, 5) is 12.8. The fourth-order valence-electron chi connectivity index (χ4n) is 2.41. The summed E-state index contributed by atoms with van der Waals surface area (Å²) in [5.74, 6) is 1.26. The first kappa shape index (κ1) is 19.2. The van der Waals surface area contributed by atoms with Gasteiger partial charge in [-0.1, -0.05) is 29.8 Å². The van der Waals surface area contributed by atoms with Crippen molar-refractivity contribution >= 4 is 28.3 Å². The van der Waals surface area contributed by atoms with Crippen molar-refractivity contribution < 1.29 is 18.2 Å². The van der Waals surface area contributed by atoms with Gasteiger partial charge in [-0.15, -0.1) is 0 Å². The number of ether oxygens (including phenoxy) is 1. The van der Waals surface area contributed by atoms with Gasteiger partial charge in [-0.2, -0.15) is 0 Å². The van der Waals surface area contributed by atoms with Gasteiger partial charge in [0.1, 0.15) is 11.5 Å². The van der Waals surface area contributed by atoms with Gasteiger partial charge in [0.25, 0.3) is 5.91 Å². The topological polar surface area (TPSA) is 68.5 Å². The fourth-order valence-corrected chi connectivity index (χ4v) is 3.74. The van der Waals surface area contributed by atoms with Crippen LogP contribution in [0.3, 0.4) is 0 Å². The maximum absolute atomic E-state index is 12.4. The Balaban J connectivity index is 1.57. The molecule has 1 N–H and O–H groups in total. The van der Waals surface area contributed by atoms with E-state index in [1.165, 1.54) is 0 Å². The highest BCUT2D eigenvalue weighted by Crippen LogP contribution is 2.18. The maximum atomic E-state index is 12.4. The lowest BCUT2D eigenvalue weighted by Gasteiger charge is -2.05. The second kappa shape index (κ2) is 8.88. The number of rotatable bonds is 7. The number of carbonyl (C=O) groups excluding carboxylic acids is 1. The molecular formula is C20H18ClNO4S.